The van der Waals surface area contributed by atoms with Crippen LogP contribution in [0.1, 0.15) is 23.6 Å². The monoisotopic (exact) mass is 429 g/mol. The van der Waals surface area contributed by atoms with Crippen LogP contribution in [0.4, 0.5) is 17.1 Å². The molecule has 2 heterocycles. The molecule has 0 bridgehead atoms. The predicted octanol–water partition coefficient (Wildman–Crippen LogP) is 5.06. The van der Waals surface area contributed by atoms with Crippen LogP contribution in [-0.2, 0) is 5.41 Å². The van der Waals surface area contributed by atoms with Crippen LogP contribution in [0.2, 0.25) is 0 Å². The molecule has 0 amide bonds. The zero-order valence-corrected chi connectivity index (χ0v) is 17.4. The molecule has 0 saturated heterocycles. The summed E-state index contributed by atoms with van der Waals surface area (Å²) in [5, 5.41) is 23.2. The van der Waals surface area contributed by atoms with Crippen molar-refractivity contribution >= 4 is 23.1 Å². The molecular formula is C24H19N3O5. The maximum Gasteiger partial charge on any atom is 0.318 e. The van der Waals surface area contributed by atoms with Crippen LogP contribution < -0.4 is 9.64 Å². The largest absolute Gasteiger partial charge is 0.455 e. The molecule has 2 unspecified atom stereocenters. The number of ether oxygens (including phenoxy) is 1. The smallest absolute Gasteiger partial charge is 0.318 e. The Bertz CT molecular complexity index is 1310. The molecule has 3 aromatic rings. The predicted molar refractivity (Wildman–Crippen MR) is 120 cm³/mol. The Morgan fingerprint density at radius 3 is 2.31 bits per heavy atom. The highest BCUT2D eigenvalue weighted by Crippen LogP contribution is 2.58. The van der Waals surface area contributed by atoms with Gasteiger partial charge < -0.3 is 9.64 Å². The van der Waals surface area contributed by atoms with Crippen molar-refractivity contribution < 1.29 is 14.6 Å². The summed E-state index contributed by atoms with van der Waals surface area (Å²) in [5.41, 5.74) is 0.620. The van der Waals surface area contributed by atoms with E-state index in [1.165, 1.54) is 6.07 Å². The van der Waals surface area contributed by atoms with Gasteiger partial charge in [0.25, 0.3) is 5.69 Å². The molecule has 3 aromatic carbocycles. The van der Waals surface area contributed by atoms with E-state index in [1.807, 2.05) is 72.6 Å². The third-order valence-electron chi connectivity index (χ3n) is 6.61. The molecule has 0 saturated carbocycles. The fourth-order valence-electron chi connectivity index (χ4n) is 4.97. The van der Waals surface area contributed by atoms with E-state index < -0.39 is 26.7 Å². The molecule has 2 aliphatic rings. The Kier molecular flexibility index (Phi) is 4.10. The van der Waals surface area contributed by atoms with E-state index >= 15 is 0 Å². The van der Waals surface area contributed by atoms with E-state index in [-0.39, 0.29) is 11.4 Å². The lowest BCUT2D eigenvalue weighted by Gasteiger charge is -2.47. The molecule has 32 heavy (non-hydrogen) atoms. The number of hydrogen-bond donors (Lipinski definition) is 0. The number of nitrogens with zero attached hydrogens (tertiary/aromatic N) is 3. The van der Waals surface area contributed by atoms with E-state index in [1.54, 1.807) is 6.08 Å². The maximum absolute atomic E-state index is 11.8. The topological polar surface area (TPSA) is 98.8 Å². The summed E-state index contributed by atoms with van der Waals surface area (Å²) in [5.74, 6) is 0.0184. The van der Waals surface area contributed by atoms with Gasteiger partial charge in [0.15, 0.2) is 0 Å². The second-order valence-corrected chi connectivity index (χ2v) is 8.10. The Hall–Kier alpha value is -4.20. The van der Waals surface area contributed by atoms with Gasteiger partial charge in [-0.05, 0) is 36.3 Å². The number of hydrogen-bond acceptors (Lipinski definition) is 6. The molecule has 2 aliphatic heterocycles. The van der Waals surface area contributed by atoms with Crippen molar-refractivity contribution in [1.82, 2.24) is 0 Å². The molecule has 0 aliphatic carbocycles. The molecule has 5 rings (SSSR count). The maximum atomic E-state index is 11.8. The molecule has 8 nitrogen and oxygen atoms in total. The van der Waals surface area contributed by atoms with Crippen LogP contribution >= 0.6 is 0 Å². The molecule has 2 atom stereocenters. The average molecular weight is 429 g/mol. The summed E-state index contributed by atoms with van der Waals surface area (Å²) in [6, 6.07) is 20.0. The average Bonchev–Trinajstić information content (AvgIpc) is 2.99. The molecule has 0 N–H and O–H groups in total. The first-order chi connectivity index (χ1) is 15.3. The van der Waals surface area contributed by atoms with Gasteiger partial charge in [-0.25, -0.2) is 0 Å². The molecule has 0 fully saturated rings. The first kappa shape index (κ1) is 19.7. The third kappa shape index (κ3) is 2.43. The lowest BCUT2D eigenvalue weighted by atomic mass is 9.69. The molecule has 1 spiro atoms. The Morgan fingerprint density at radius 1 is 0.938 bits per heavy atom. The lowest BCUT2D eigenvalue weighted by molar-refractivity contribution is -0.395. The summed E-state index contributed by atoms with van der Waals surface area (Å²) in [7, 11) is 1.89. The number of nitro groups is 2. The second kappa shape index (κ2) is 6.65. The first-order valence-electron chi connectivity index (χ1n) is 10.0. The molecular weight excluding hydrogens is 410 g/mol. The number of rotatable bonds is 3. The van der Waals surface area contributed by atoms with Gasteiger partial charge in [-0.15, -0.1) is 0 Å². The standard InChI is InChI=1S/C24H19N3O5/c1-23(17-8-4-3-5-9-17)19-10-6-7-11-20(19)25(2)24(23)13-12-16-14-18(26(28)29)15-21(27(30)31)22(16)32-24/h3-15H,1-2H3. The van der Waals surface area contributed by atoms with Crippen molar-refractivity contribution in [3.05, 3.63) is 110 Å². The van der Waals surface area contributed by atoms with Gasteiger partial charge in [-0.3, -0.25) is 20.2 Å². The molecule has 8 heteroatoms. The fourth-order valence-corrected chi connectivity index (χ4v) is 4.97. The third-order valence-corrected chi connectivity index (χ3v) is 6.61. The zero-order valence-electron chi connectivity index (χ0n) is 17.4. The van der Waals surface area contributed by atoms with E-state index in [0.29, 0.717) is 5.56 Å². The van der Waals surface area contributed by atoms with Crippen molar-refractivity contribution in [2.75, 3.05) is 11.9 Å². The van der Waals surface area contributed by atoms with Gasteiger partial charge in [0.2, 0.25) is 11.5 Å². The van der Waals surface area contributed by atoms with E-state index in [9.17, 15) is 20.2 Å². The zero-order chi connectivity index (χ0) is 22.7. The van der Waals surface area contributed by atoms with Crippen molar-refractivity contribution in [2.24, 2.45) is 0 Å². The minimum Gasteiger partial charge on any atom is -0.455 e. The van der Waals surface area contributed by atoms with Crippen LogP contribution in [0.5, 0.6) is 5.75 Å². The van der Waals surface area contributed by atoms with E-state index in [4.69, 9.17) is 4.74 Å². The number of non-ortho nitro benzene ring substituents is 1. The van der Waals surface area contributed by atoms with Gasteiger partial charge in [0.1, 0.15) is 0 Å². The first-order valence-corrected chi connectivity index (χ1v) is 10.0. The van der Waals surface area contributed by atoms with Crippen molar-refractivity contribution in [1.29, 1.82) is 0 Å². The summed E-state index contributed by atoms with van der Waals surface area (Å²) >= 11 is 0. The van der Waals surface area contributed by atoms with Crippen LogP contribution in [0, 0.1) is 20.2 Å². The highest BCUT2D eigenvalue weighted by atomic mass is 16.6. The van der Waals surface area contributed by atoms with Gasteiger partial charge >= 0.3 is 5.69 Å². The highest BCUT2D eigenvalue weighted by molar-refractivity contribution is 5.77. The summed E-state index contributed by atoms with van der Waals surface area (Å²) in [6.45, 7) is 2.05. The number of likely N-dealkylation sites (N-methyl/N-ethyl adjacent to an activating group) is 1. The van der Waals surface area contributed by atoms with Crippen LogP contribution in [0.15, 0.2) is 72.8 Å². The van der Waals surface area contributed by atoms with Crippen molar-refractivity contribution in [3.63, 3.8) is 0 Å². The summed E-state index contributed by atoms with van der Waals surface area (Å²) in [6.07, 6.45) is 3.53. The number of para-hydroxylation sites is 1. The van der Waals surface area contributed by atoms with Gasteiger partial charge in [-0.1, -0.05) is 48.5 Å². The van der Waals surface area contributed by atoms with Crippen LogP contribution in [-0.4, -0.2) is 22.6 Å². The highest BCUT2D eigenvalue weighted by Gasteiger charge is 2.61. The lowest BCUT2D eigenvalue weighted by Crippen LogP contribution is -2.59. The number of nitro benzene ring substituents is 2. The summed E-state index contributed by atoms with van der Waals surface area (Å²) in [4.78, 5) is 23.8. The number of anilines is 1. The van der Waals surface area contributed by atoms with Gasteiger partial charge in [-0.2, -0.15) is 0 Å². The number of benzene rings is 3. The Morgan fingerprint density at radius 2 is 1.62 bits per heavy atom. The summed E-state index contributed by atoms with van der Waals surface area (Å²) < 4.78 is 6.55. The minimum atomic E-state index is -1.12. The number of fused-ring (bicyclic) bond motifs is 2. The second-order valence-electron chi connectivity index (χ2n) is 8.10. The van der Waals surface area contributed by atoms with Gasteiger partial charge in [0, 0.05) is 24.4 Å². The normalized spacial score (nSPS) is 22.9. The van der Waals surface area contributed by atoms with Crippen molar-refractivity contribution in [2.45, 2.75) is 18.1 Å². The Balaban J connectivity index is 1.79. The van der Waals surface area contributed by atoms with E-state index in [0.717, 1.165) is 22.9 Å². The van der Waals surface area contributed by atoms with Crippen LogP contribution in [0.3, 0.4) is 0 Å². The SMILES string of the molecule is CN1c2ccccc2C(C)(c2ccccc2)C12C=Cc1cc([N+](=O)[O-])cc([N+](=O)[O-])c1O2. The molecule has 0 aromatic heterocycles. The fraction of sp³-hybridized carbons (Fsp3) is 0.167. The van der Waals surface area contributed by atoms with Crippen LogP contribution in [0.25, 0.3) is 6.08 Å². The molecule has 0 radical (unpaired) electrons. The quantitative estimate of drug-likeness (QED) is 0.426. The van der Waals surface area contributed by atoms with E-state index in [2.05, 4.69) is 6.92 Å². The minimum absolute atomic E-state index is 0.0184. The molecule has 160 valence electrons. The van der Waals surface area contributed by atoms with Crippen molar-refractivity contribution in [3.8, 4) is 5.75 Å². The van der Waals surface area contributed by atoms with Gasteiger partial charge in [0.05, 0.1) is 21.3 Å². The Labute approximate surface area is 183 Å².